The number of hydrogen-bond donors (Lipinski definition) is 0. The fourth-order valence-corrected chi connectivity index (χ4v) is 10.1. The average molecular weight is 423 g/mol. The van der Waals surface area contributed by atoms with Crippen molar-refractivity contribution in [3.63, 3.8) is 0 Å². The van der Waals surface area contributed by atoms with E-state index in [0.717, 1.165) is 5.92 Å². The third kappa shape index (κ3) is 5.19. The minimum Gasteiger partial charge on any atom is -0.0953 e. The van der Waals surface area contributed by atoms with E-state index in [4.69, 9.17) is 0 Å². The molecule has 0 saturated heterocycles. The van der Waals surface area contributed by atoms with E-state index in [-0.39, 0.29) is 7.92 Å². The molecule has 0 N–H and O–H groups in total. The molecule has 0 amide bonds. The molecule has 0 bridgehead atoms. The molecule has 1 fully saturated rings. The first kappa shape index (κ1) is 23.5. The first-order chi connectivity index (χ1) is 14.0. The number of benzene rings is 2. The molecular weight excluding hydrogens is 379 g/mol. The van der Waals surface area contributed by atoms with Gasteiger partial charge in [0.25, 0.3) is 0 Å². The highest BCUT2D eigenvalue weighted by molar-refractivity contribution is 7.60. The van der Waals surface area contributed by atoms with Crippen molar-refractivity contribution >= 4 is 7.92 Å². The van der Waals surface area contributed by atoms with Gasteiger partial charge in [0, 0.05) is 0 Å². The summed E-state index contributed by atoms with van der Waals surface area (Å²) in [6.07, 6.45) is 2.70. The van der Waals surface area contributed by atoms with Crippen molar-refractivity contribution in [3.05, 3.63) is 71.8 Å². The Kier molecular flexibility index (Phi) is 7.18. The summed E-state index contributed by atoms with van der Waals surface area (Å²) in [5.74, 6) is 3.46. The van der Waals surface area contributed by atoms with Crippen LogP contribution in [-0.2, 0) is 0 Å². The third-order valence-corrected chi connectivity index (χ3v) is 11.6. The lowest BCUT2D eigenvalue weighted by atomic mass is 9.60. The van der Waals surface area contributed by atoms with Crippen LogP contribution in [0.3, 0.4) is 0 Å². The quantitative estimate of drug-likeness (QED) is 0.431. The number of hydrogen-bond acceptors (Lipinski definition) is 0. The highest BCUT2D eigenvalue weighted by atomic mass is 31.1. The van der Waals surface area contributed by atoms with E-state index < -0.39 is 0 Å². The van der Waals surface area contributed by atoms with Crippen LogP contribution in [-0.4, -0.2) is 16.5 Å². The highest BCUT2D eigenvalue weighted by Gasteiger charge is 2.45. The molecule has 2 aromatic carbocycles. The SMILES string of the molecule is CC1C(c2ccccc2)CC(CP(C(C)(C)C)C(C)(C)C)C(c2ccccc2)C1C. The van der Waals surface area contributed by atoms with Gasteiger partial charge in [-0.3, -0.25) is 0 Å². The van der Waals surface area contributed by atoms with E-state index in [9.17, 15) is 0 Å². The zero-order valence-electron chi connectivity index (χ0n) is 20.5. The molecule has 1 aliphatic rings. The summed E-state index contributed by atoms with van der Waals surface area (Å²) in [6, 6.07) is 22.8. The summed E-state index contributed by atoms with van der Waals surface area (Å²) in [5, 5.41) is 0.757. The lowest BCUT2D eigenvalue weighted by Gasteiger charge is -2.50. The highest BCUT2D eigenvalue weighted by Crippen LogP contribution is 2.63. The van der Waals surface area contributed by atoms with E-state index in [1.165, 1.54) is 12.6 Å². The standard InChI is InChI=1S/C29H43P/c1-21-22(2)27(24-17-13-10-14-18-24)25(19-26(21)23-15-11-9-12-16-23)20-30(28(3,4)5)29(6,7)8/h9-18,21-22,25-27H,19-20H2,1-8H3. The van der Waals surface area contributed by atoms with Gasteiger partial charge in [0.05, 0.1) is 0 Å². The van der Waals surface area contributed by atoms with E-state index in [1.54, 1.807) is 11.1 Å². The van der Waals surface area contributed by atoms with Crippen molar-refractivity contribution < 1.29 is 0 Å². The molecule has 2 aromatic rings. The zero-order valence-corrected chi connectivity index (χ0v) is 21.4. The molecule has 0 heterocycles. The Morgan fingerprint density at radius 2 is 1.17 bits per heavy atom. The maximum absolute atomic E-state index is 2.53. The molecule has 1 heteroatoms. The smallest absolute Gasteiger partial charge is 0.0102 e. The third-order valence-electron chi connectivity index (χ3n) is 7.54. The molecule has 3 rings (SSSR count). The molecule has 0 nitrogen and oxygen atoms in total. The van der Waals surface area contributed by atoms with Gasteiger partial charge in [-0.15, -0.1) is 0 Å². The van der Waals surface area contributed by atoms with Gasteiger partial charge in [-0.2, -0.15) is 0 Å². The Morgan fingerprint density at radius 1 is 0.700 bits per heavy atom. The molecular formula is C29H43P. The second kappa shape index (κ2) is 9.16. The van der Waals surface area contributed by atoms with Crippen LogP contribution in [0.1, 0.15) is 84.8 Å². The van der Waals surface area contributed by atoms with Crippen LogP contribution < -0.4 is 0 Å². The average Bonchev–Trinajstić information content (AvgIpc) is 2.68. The molecule has 1 saturated carbocycles. The minimum atomic E-state index is -0.104. The predicted molar refractivity (Wildman–Crippen MR) is 136 cm³/mol. The Balaban J connectivity index is 2.01. The van der Waals surface area contributed by atoms with Crippen molar-refractivity contribution in [1.29, 1.82) is 0 Å². The van der Waals surface area contributed by atoms with E-state index in [2.05, 4.69) is 116 Å². The number of rotatable bonds is 4. The monoisotopic (exact) mass is 422 g/mol. The van der Waals surface area contributed by atoms with Gasteiger partial charge in [-0.1, -0.05) is 124 Å². The van der Waals surface area contributed by atoms with Gasteiger partial charge in [0.2, 0.25) is 0 Å². The largest absolute Gasteiger partial charge is 0.0953 e. The first-order valence-corrected chi connectivity index (χ1v) is 13.4. The van der Waals surface area contributed by atoms with Crippen LogP contribution >= 0.6 is 7.92 Å². The minimum absolute atomic E-state index is 0.104. The molecule has 5 unspecified atom stereocenters. The molecule has 0 spiro atoms. The van der Waals surface area contributed by atoms with Gasteiger partial charge in [-0.05, 0) is 63.6 Å². The van der Waals surface area contributed by atoms with Gasteiger partial charge in [0.15, 0.2) is 0 Å². The molecule has 164 valence electrons. The van der Waals surface area contributed by atoms with Crippen LogP contribution in [0.2, 0.25) is 0 Å². The van der Waals surface area contributed by atoms with E-state index in [0.29, 0.717) is 34.0 Å². The molecule has 0 radical (unpaired) electrons. The Hall–Kier alpha value is -1.13. The van der Waals surface area contributed by atoms with Crippen LogP contribution in [0.15, 0.2) is 60.7 Å². The lowest BCUT2D eigenvalue weighted by molar-refractivity contribution is 0.152. The summed E-state index contributed by atoms with van der Waals surface area (Å²) in [6.45, 7) is 19.9. The van der Waals surface area contributed by atoms with Crippen molar-refractivity contribution in [2.45, 2.75) is 84.0 Å². The van der Waals surface area contributed by atoms with Gasteiger partial charge < -0.3 is 0 Å². The molecule has 5 atom stereocenters. The van der Waals surface area contributed by atoms with Crippen molar-refractivity contribution in [2.24, 2.45) is 17.8 Å². The zero-order chi connectivity index (χ0) is 22.1. The second-order valence-electron chi connectivity index (χ2n) is 11.6. The fourth-order valence-electron chi connectivity index (χ4n) is 6.18. The summed E-state index contributed by atoms with van der Waals surface area (Å²) >= 11 is 0. The van der Waals surface area contributed by atoms with Crippen molar-refractivity contribution in [1.82, 2.24) is 0 Å². The Bertz CT molecular complexity index is 767. The van der Waals surface area contributed by atoms with Gasteiger partial charge in [-0.25, -0.2) is 0 Å². The Morgan fingerprint density at radius 3 is 1.63 bits per heavy atom. The van der Waals surface area contributed by atoms with Crippen molar-refractivity contribution in [2.75, 3.05) is 6.16 Å². The van der Waals surface area contributed by atoms with E-state index >= 15 is 0 Å². The second-order valence-corrected chi connectivity index (χ2v) is 15.5. The molecule has 0 aromatic heterocycles. The predicted octanol–water partition coefficient (Wildman–Crippen LogP) is 8.93. The van der Waals surface area contributed by atoms with Gasteiger partial charge in [0.1, 0.15) is 0 Å². The van der Waals surface area contributed by atoms with E-state index in [1.807, 2.05) is 0 Å². The summed E-state index contributed by atoms with van der Waals surface area (Å²) in [4.78, 5) is 0. The van der Waals surface area contributed by atoms with Crippen LogP contribution in [0.25, 0.3) is 0 Å². The molecule has 0 aliphatic heterocycles. The summed E-state index contributed by atoms with van der Waals surface area (Å²) in [5.41, 5.74) is 3.11. The van der Waals surface area contributed by atoms with Crippen molar-refractivity contribution in [3.8, 4) is 0 Å². The summed E-state index contributed by atoms with van der Waals surface area (Å²) < 4.78 is 0. The fraction of sp³-hybridized carbons (Fsp3) is 0.586. The van der Waals surface area contributed by atoms with Crippen LogP contribution in [0, 0.1) is 17.8 Å². The van der Waals surface area contributed by atoms with Gasteiger partial charge >= 0.3 is 0 Å². The molecule has 30 heavy (non-hydrogen) atoms. The van der Waals surface area contributed by atoms with Crippen LogP contribution in [0.4, 0.5) is 0 Å². The Labute approximate surface area is 187 Å². The maximum Gasteiger partial charge on any atom is -0.0102 e. The molecule has 1 aliphatic carbocycles. The topological polar surface area (TPSA) is 0 Å². The first-order valence-electron chi connectivity index (χ1n) is 11.9. The normalized spacial score (nSPS) is 28.0. The van der Waals surface area contributed by atoms with Crippen LogP contribution in [0.5, 0.6) is 0 Å². The lowest BCUT2D eigenvalue weighted by Crippen LogP contribution is -2.39. The maximum atomic E-state index is 2.53. The summed E-state index contributed by atoms with van der Waals surface area (Å²) in [7, 11) is -0.104.